The van der Waals surface area contributed by atoms with Gasteiger partial charge in [0.15, 0.2) is 0 Å². The predicted molar refractivity (Wildman–Crippen MR) is 73.5 cm³/mol. The normalized spacial score (nSPS) is 10.7. The zero-order valence-corrected chi connectivity index (χ0v) is 11.4. The van der Waals surface area contributed by atoms with Crippen molar-refractivity contribution in [2.24, 2.45) is 0 Å². The van der Waals surface area contributed by atoms with Crippen LogP contribution in [0.25, 0.3) is 5.69 Å². The third kappa shape index (κ3) is 2.96. The molecule has 0 spiro atoms. The number of aromatic nitrogens is 2. The summed E-state index contributed by atoms with van der Waals surface area (Å²) >= 11 is 3.56. The van der Waals surface area contributed by atoms with Crippen molar-refractivity contribution >= 4 is 15.9 Å². The highest BCUT2D eigenvalue weighted by Crippen LogP contribution is 2.21. The molecular weight excluding hydrogens is 278 g/mol. The second-order valence-electron chi connectivity index (χ2n) is 3.89. The lowest BCUT2D eigenvalue weighted by atomic mass is 10.2. The molecule has 0 bridgehead atoms. The molecule has 0 radical (unpaired) electrons. The summed E-state index contributed by atoms with van der Waals surface area (Å²) in [7, 11) is 1.98. The molecule has 1 N–H and O–H groups in total. The molecule has 2 aromatic rings. The number of para-hydroxylation sites is 1. The average molecular weight is 294 g/mol. The van der Waals surface area contributed by atoms with Crippen molar-refractivity contribution in [2.45, 2.75) is 12.8 Å². The van der Waals surface area contributed by atoms with Crippen molar-refractivity contribution in [1.82, 2.24) is 15.1 Å². The molecule has 0 aliphatic carbocycles. The highest BCUT2D eigenvalue weighted by Gasteiger charge is 2.07. The molecule has 2 rings (SSSR count). The minimum Gasteiger partial charge on any atom is -0.320 e. The van der Waals surface area contributed by atoms with Crippen LogP contribution in [0.15, 0.2) is 41.0 Å². The fourth-order valence-electron chi connectivity index (χ4n) is 1.81. The van der Waals surface area contributed by atoms with Gasteiger partial charge in [-0.3, -0.25) is 0 Å². The van der Waals surface area contributed by atoms with Crippen LogP contribution in [0.4, 0.5) is 0 Å². The van der Waals surface area contributed by atoms with Crippen LogP contribution in [0.2, 0.25) is 0 Å². The van der Waals surface area contributed by atoms with Gasteiger partial charge in [-0.1, -0.05) is 12.1 Å². The van der Waals surface area contributed by atoms with E-state index in [1.54, 1.807) is 0 Å². The van der Waals surface area contributed by atoms with Crippen LogP contribution in [0.3, 0.4) is 0 Å². The van der Waals surface area contributed by atoms with Crippen molar-refractivity contribution in [1.29, 1.82) is 0 Å². The van der Waals surface area contributed by atoms with E-state index in [9.17, 15) is 0 Å². The smallest absolute Gasteiger partial charge is 0.0790 e. The van der Waals surface area contributed by atoms with Crippen molar-refractivity contribution in [2.75, 3.05) is 13.6 Å². The Labute approximate surface area is 110 Å². The molecule has 0 fully saturated rings. The van der Waals surface area contributed by atoms with Gasteiger partial charge >= 0.3 is 0 Å². The van der Waals surface area contributed by atoms with Crippen molar-refractivity contribution in [3.63, 3.8) is 0 Å². The minimum atomic E-state index is 1.03. The highest BCUT2D eigenvalue weighted by molar-refractivity contribution is 9.10. The lowest BCUT2D eigenvalue weighted by Gasteiger charge is -2.09. The topological polar surface area (TPSA) is 29.9 Å². The molecule has 0 saturated heterocycles. The van der Waals surface area contributed by atoms with E-state index in [1.165, 1.54) is 5.69 Å². The third-order valence-corrected chi connectivity index (χ3v) is 3.33. The summed E-state index contributed by atoms with van der Waals surface area (Å²) in [5.74, 6) is 0. The van der Waals surface area contributed by atoms with Gasteiger partial charge in [-0.05, 0) is 60.6 Å². The number of nitrogens with one attached hydrogen (secondary N) is 1. The largest absolute Gasteiger partial charge is 0.320 e. The maximum absolute atomic E-state index is 4.39. The molecule has 1 aromatic heterocycles. The molecule has 0 aliphatic heterocycles. The van der Waals surface area contributed by atoms with E-state index in [0.29, 0.717) is 0 Å². The predicted octanol–water partition coefficient (Wildman–Crippen LogP) is 2.79. The monoisotopic (exact) mass is 293 g/mol. The van der Waals surface area contributed by atoms with Crippen molar-refractivity contribution in [3.8, 4) is 5.69 Å². The SMILES string of the molecule is CNCCCc1ccnn1-c1ccccc1Br. The first-order valence-corrected chi connectivity index (χ1v) is 6.54. The average Bonchev–Trinajstić information content (AvgIpc) is 2.78. The number of benzene rings is 1. The van der Waals surface area contributed by atoms with Crippen LogP contribution in [0.5, 0.6) is 0 Å². The zero-order chi connectivity index (χ0) is 12.1. The molecule has 0 amide bonds. The van der Waals surface area contributed by atoms with Gasteiger partial charge in [0.2, 0.25) is 0 Å². The van der Waals surface area contributed by atoms with Gasteiger partial charge in [0.25, 0.3) is 0 Å². The van der Waals surface area contributed by atoms with Gasteiger partial charge in [0.05, 0.1) is 5.69 Å². The van der Waals surface area contributed by atoms with Crippen molar-refractivity contribution in [3.05, 3.63) is 46.7 Å². The lowest BCUT2D eigenvalue weighted by Crippen LogP contribution is -2.10. The van der Waals surface area contributed by atoms with Crippen LogP contribution < -0.4 is 5.32 Å². The zero-order valence-electron chi connectivity index (χ0n) is 9.86. The summed E-state index contributed by atoms with van der Waals surface area (Å²) in [6.07, 6.45) is 4.00. The first-order chi connectivity index (χ1) is 8.33. The van der Waals surface area contributed by atoms with Gasteiger partial charge in [0, 0.05) is 16.4 Å². The Morgan fingerprint density at radius 2 is 2.12 bits per heavy atom. The maximum Gasteiger partial charge on any atom is 0.0790 e. The van der Waals surface area contributed by atoms with Crippen LogP contribution in [0.1, 0.15) is 12.1 Å². The van der Waals surface area contributed by atoms with E-state index < -0.39 is 0 Å². The Morgan fingerprint density at radius 3 is 2.88 bits per heavy atom. The molecule has 90 valence electrons. The Bertz CT molecular complexity index is 479. The highest BCUT2D eigenvalue weighted by atomic mass is 79.9. The van der Waals surface area contributed by atoms with E-state index in [2.05, 4.69) is 38.5 Å². The maximum atomic E-state index is 4.39. The van der Waals surface area contributed by atoms with E-state index >= 15 is 0 Å². The lowest BCUT2D eigenvalue weighted by molar-refractivity contribution is 0.692. The standard InChI is InChI=1S/C13H16BrN3/c1-15-9-4-5-11-8-10-16-17(11)13-7-3-2-6-12(13)14/h2-3,6-8,10,15H,4-5,9H2,1H3. The van der Waals surface area contributed by atoms with Gasteiger partial charge in [0.1, 0.15) is 0 Å². The number of rotatable bonds is 5. The summed E-state index contributed by atoms with van der Waals surface area (Å²) in [6, 6.07) is 10.2. The van der Waals surface area contributed by atoms with E-state index in [4.69, 9.17) is 0 Å². The fraction of sp³-hybridized carbons (Fsp3) is 0.308. The molecular formula is C13H16BrN3. The van der Waals surface area contributed by atoms with Gasteiger partial charge in [-0.15, -0.1) is 0 Å². The number of nitrogens with zero attached hydrogens (tertiary/aromatic N) is 2. The van der Waals surface area contributed by atoms with Crippen molar-refractivity contribution < 1.29 is 0 Å². The number of hydrogen-bond donors (Lipinski definition) is 1. The van der Waals surface area contributed by atoms with Crippen LogP contribution in [0, 0.1) is 0 Å². The Balaban J connectivity index is 2.22. The van der Waals surface area contributed by atoms with E-state index in [-0.39, 0.29) is 0 Å². The number of halogens is 1. The van der Waals surface area contributed by atoms with Crippen LogP contribution >= 0.6 is 15.9 Å². The van der Waals surface area contributed by atoms with Gasteiger partial charge < -0.3 is 5.32 Å². The van der Waals surface area contributed by atoms with Crippen LogP contribution in [-0.4, -0.2) is 23.4 Å². The minimum absolute atomic E-state index is 1.03. The van der Waals surface area contributed by atoms with Crippen LogP contribution in [-0.2, 0) is 6.42 Å². The Kier molecular flexibility index (Phi) is 4.34. The summed E-state index contributed by atoms with van der Waals surface area (Å²) in [5, 5.41) is 7.55. The van der Waals surface area contributed by atoms with Gasteiger partial charge in [-0.25, -0.2) is 4.68 Å². The quantitative estimate of drug-likeness (QED) is 0.859. The second kappa shape index (κ2) is 5.98. The summed E-state index contributed by atoms with van der Waals surface area (Å²) < 4.78 is 3.07. The molecule has 1 aromatic carbocycles. The van der Waals surface area contributed by atoms with Gasteiger partial charge in [-0.2, -0.15) is 5.10 Å². The Morgan fingerprint density at radius 1 is 1.29 bits per heavy atom. The summed E-state index contributed by atoms with van der Waals surface area (Å²) in [5.41, 5.74) is 2.34. The molecule has 1 heterocycles. The summed E-state index contributed by atoms with van der Waals surface area (Å²) in [4.78, 5) is 0. The molecule has 0 unspecified atom stereocenters. The Hall–Kier alpha value is -1.13. The number of hydrogen-bond acceptors (Lipinski definition) is 2. The molecule has 0 saturated carbocycles. The molecule has 3 nitrogen and oxygen atoms in total. The van der Waals surface area contributed by atoms with E-state index in [0.717, 1.165) is 29.5 Å². The summed E-state index contributed by atoms with van der Waals surface area (Å²) in [6.45, 7) is 1.03. The molecule has 4 heteroatoms. The molecule has 0 atom stereocenters. The second-order valence-corrected chi connectivity index (χ2v) is 4.75. The van der Waals surface area contributed by atoms with E-state index in [1.807, 2.05) is 36.1 Å². The third-order valence-electron chi connectivity index (χ3n) is 2.66. The molecule has 0 aliphatic rings. The molecule has 17 heavy (non-hydrogen) atoms. The first kappa shape index (κ1) is 12.3. The fourth-order valence-corrected chi connectivity index (χ4v) is 2.26. The number of aryl methyl sites for hydroxylation is 1. The first-order valence-electron chi connectivity index (χ1n) is 5.75.